The molecule has 0 aromatic rings. The lowest BCUT2D eigenvalue weighted by molar-refractivity contribution is -0.135. The molecule has 2 unspecified atom stereocenters. The molecule has 3 nitrogen and oxygen atoms in total. The maximum absolute atomic E-state index is 12.6. The predicted octanol–water partition coefficient (Wildman–Crippen LogP) is 1.49. The van der Waals surface area contributed by atoms with Crippen LogP contribution >= 0.6 is 0 Å². The monoisotopic (exact) mass is 236 g/mol. The standard InChI is InChI=1S/C14H24N2O/c1-13(2)11(14(13,3)4)12(17)16-7-9-5-10(8-16)15-6-9/h9-11,15H,5-8H2,1-4H3. The zero-order valence-corrected chi connectivity index (χ0v) is 11.4. The number of nitrogens with zero attached hydrogens (tertiary/aromatic N) is 1. The van der Waals surface area contributed by atoms with E-state index in [1.54, 1.807) is 0 Å². The van der Waals surface area contributed by atoms with Crippen LogP contribution in [0.1, 0.15) is 34.1 Å². The minimum Gasteiger partial charge on any atom is -0.341 e. The van der Waals surface area contributed by atoms with Gasteiger partial charge in [-0.25, -0.2) is 0 Å². The Kier molecular flexibility index (Phi) is 2.20. The van der Waals surface area contributed by atoms with Crippen molar-refractivity contribution in [2.75, 3.05) is 19.6 Å². The third-order valence-corrected chi connectivity index (χ3v) is 5.81. The van der Waals surface area contributed by atoms with Gasteiger partial charge in [0.25, 0.3) is 0 Å². The second-order valence-corrected chi connectivity index (χ2v) is 7.33. The average molecular weight is 236 g/mol. The van der Waals surface area contributed by atoms with Crippen molar-refractivity contribution in [2.45, 2.75) is 40.2 Å². The Morgan fingerprint density at radius 3 is 2.35 bits per heavy atom. The highest BCUT2D eigenvalue weighted by Gasteiger charge is 2.69. The molecule has 1 saturated carbocycles. The number of piperidine rings is 1. The fourth-order valence-electron chi connectivity index (χ4n) is 4.01. The van der Waals surface area contributed by atoms with Gasteiger partial charge in [-0.2, -0.15) is 0 Å². The molecule has 2 bridgehead atoms. The van der Waals surface area contributed by atoms with Gasteiger partial charge in [-0.15, -0.1) is 0 Å². The fourth-order valence-corrected chi connectivity index (χ4v) is 4.01. The summed E-state index contributed by atoms with van der Waals surface area (Å²) in [6.45, 7) is 11.9. The van der Waals surface area contributed by atoms with Crippen LogP contribution in [0.15, 0.2) is 0 Å². The van der Waals surface area contributed by atoms with Crippen LogP contribution < -0.4 is 5.32 Å². The van der Waals surface area contributed by atoms with Crippen LogP contribution in [-0.4, -0.2) is 36.5 Å². The molecular formula is C14H24N2O. The molecule has 1 amide bonds. The first-order valence-corrected chi connectivity index (χ1v) is 6.86. The quantitative estimate of drug-likeness (QED) is 0.748. The van der Waals surface area contributed by atoms with E-state index in [9.17, 15) is 4.79 Å². The first kappa shape index (κ1) is 11.5. The second-order valence-electron chi connectivity index (χ2n) is 7.33. The van der Waals surface area contributed by atoms with E-state index >= 15 is 0 Å². The number of amides is 1. The van der Waals surface area contributed by atoms with Crippen LogP contribution in [0, 0.1) is 22.7 Å². The van der Waals surface area contributed by atoms with Crippen molar-refractivity contribution in [1.29, 1.82) is 0 Å². The molecule has 17 heavy (non-hydrogen) atoms. The minimum absolute atomic E-state index is 0.175. The lowest BCUT2D eigenvalue weighted by Crippen LogP contribution is -2.45. The fraction of sp³-hybridized carbons (Fsp3) is 0.929. The third kappa shape index (κ3) is 1.48. The number of fused-ring (bicyclic) bond motifs is 2. The van der Waals surface area contributed by atoms with Gasteiger partial charge in [0.2, 0.25) is 5.91 Å². The first-order chi connectivity index (χ1) is 7.84. The molecule has 2 saturated heterocycles. The van der Waals surface area contributed by atoms with E-state index in [4.69, 9.17) is 0 Å². The van der Waals surface area contributed by atoms with Crippen molar-refractivity contribution >= 4 is 5.91 Å². The topological polar surface area (TPSA) is 32.3 Å². The summed E-state index contributed by atoms with van der Waals surface area (Å²) in [7, 11) is 0. The Labute approximate surface area is 104 Å². The van der Waals surface area contributed by atoms with Gasteiger partial charge < -0.3 is 10.2 Å². The molecule has 1 N–H and O–H groups in total. The van der Waals surface area contributed by atoms with Crippen molar-refractivity contribution in [3.8, 4) is 0 Å². The van der Waals surface area contributed by atoms with Gasteiger partial charge in [-0.3, -0.25) is 4.79 Å². The van der Waals surface area contributed by atoms with E-state index in [1.165, 1.54) is 6.42 Å². The highest BCUT2D eigenvalue weighted by molar-refractivity contribution is 5.84. The Bertz CT molecular complexity index is 335. The first-order valence-electron chi connectivity index (χ1n) is 6.86. The zero-order valence-electron chi connectivity index (χ0n) is 11.4. The number of likely N-dealkylation sites (tertiary alicyclic amines) is 1. The SMILES string of the molecule is CC1(C)C(C(=O)N2CC3CNC(C3)C2)C1(C)C. The van der Waals surface area contributed by atoms with Gasteiger partial charge in [0.1, 0.15) is 0 Å². The normalized spacial score (nSPS) is 38.2. The molecule has 3 aliphatic rings. The lowest BCUT2D eigenvalue weighted by Gasteiger charge is -2.31. The average Bonchev–Trinajstić information content (AvgIpc) is 2.53. The molecule has 0 radical (unpaired) electrons. The number of hydrogen-bond donors (Lipinski definition) is 1. The Morgan fingerprint density at radius 1 is 1.18 bits per heavy atom. The number of carbonyl (C=O) groups is 1. The second kappa shape index (κ2) is 3.25. The van der Waals surface area contributed by atoms with Crippen molar-refractivity contribution in [3.05, 3.63) is 0 Å². The van der Waals surface area contributed by atoms with E-state index in [2.05, 4.69) is 37.9 Å². The molecule has 0 spiro atoms. The van der Waals surface area contributed by atoms with Crippen LogP contribution in [0.2, 0.25) is 0 Å². The number of hydrogen-bond acceptors (Lipinski definition) is 2. The van der Waals surface area contributed by atoms with Crippen molar-refractivity contribution in [3.63, 3.8) is 0 Å². The molecule has 2 aliphatic heterocycles. The Hall–Kier alpha value is -0.570. The largest absolute Gasteiger partial charge is 0.341 e. The van der Waals surface area contributed by atoms with E-state index < -0.39 is 0 Å². The third-order valence-electron chi connectivity index (χ3n) is 5.81. The van der Waals surface area contributed by atoms with E-state index in [-0.39, 0.29) is 16.7 Å². The summed E-state index contributed by atoms with van der Waals surface area (Å²) in [6, 6.07) is 0.558. The zero-order chi connectivity index (χ0) is 12.4. The van der Waals surface area contributed by atoms with Gasteiger partial charge in [-0.05, 0) is 23.2 Å². The maximum Gasteiger partial charge on any atom is 0.226 e. The molecule has 2 atom stereocenters. The van der Waals surface area contributed by atoms with Gasteiger partial charge in [0, 0.05) is 31.6 Å². The summed E-state index contributed by atoms with van der Waals surface area (Å²) >= 11 is 0. The molecule has 0 aromatic heterocycles. The smallest absolute Gasteiger partial charge is 0.226 e. The molecule has 0 aromatic carbocycles. The van der Waals surface area contributed by atoms with Crippen molar-refractivity contribution < 1.29 is 4.79 Å². The summed E-state index contributed by atoms with van der Waals surface area (Å²) < 4.78 is 0. The molecular weight excluding hydrogens is 212 g/mol. The molecule has 3 fully saturated rings. The number of rotatable bonds is 1. The predicted molar refractivity (Wildman–Crippen MR) is 67.5 cm³/mol. The van der Waals surface area contributed by atoms with Crippen LogP contribution in [0.25, 0.3) is 0 Å². The Balaban J connectivity index is 1.72. The van der Waals surface area contributed by atoms with E-state index in [0.29, 0.717) is 17.9 Å². The molecule has 2 heterocycles. The van der Waals surface area contributed by atoms with E-state index in [1.807, 2.05) is 0 Å². The van der Waals surface area contributed by atoms with Crippen molar-refractivity contribution in [2.24, 2.45) is 22.7 Å². The molecule has 96 valence electrons. The van der Waals surface area contributed by atoms with Crippen LogP contribution in [0.4, 0.5) is 0 Å². The number of nitrogens with one attached hydrogen (secondary N) is 1. The highest BCUT2D eigenvalue weighted by Crippen LogP contribution is 2.68. The van der Waals surface area contributed by atoms with Crippen LogP contribution in [-0.2, 0) is 4.79 Å². The van der Waals surface area contributed by atoms with Crippen molar-refractivity contribution in [1.82, 2.24) is 10.2 Å². The molecule has 1 aliphatic carbocycles. The Morgan fingerprint density at radius 2 is 1.82 bits per heavy atom. The number of carbonyl (C=O) groups excluding carboxylic acids is 1. The summed E-state index contributed by atoms with van der Waals surface area (Å²) in [5, 5.41) is 3.51. The summed E-state index contributed by atoms with van der Waals surface area (Å²) in [5.41, 5.74) is 0.349. The van der Waals surface area contributed by atoms with Crippen LogP contribution in [0.5, 0.6) is 0 Å². The van der Waals surface area contributed by atoms with Gasteiger partial charge in [0.15, 0.2) is 0 Å². The van der Waals surface area contributed by atoms with Crippen LogP contribution in [0.3, 0.4) is 0 Å². The molecule has 3 heteroatoms. The minimum atomic E-state index is 0.175. The van der Waals surface area contributed by atoms with Gasteiger partial charge >= 0.3 is 0 Å². The molecule has 3 rings (SSSR count). The maximum atomic E-state index is 12.6. The highest BCUT2D eigenvalue weighted by atomic mass is 16.2. The summed E-state index contributed by atoms with van der Waals surface area (Å²) in [6.07, 6.45) is 1.27. The summed E-state index contributed by atoms with van der Waals surface area (Å²) in [4.78, 5) is 14.7. The van der Waals surface area contributed by atoms with Gasteiger partial charge in [-0.1, -0.05) is 27.7 Å². The van der Waals surface area contributed by atoms with Gasteiger partial charge in [0.05, 0.1) is 0 Å². The lowest BCUT2D eigenvalue weighted by atomic mass is 9.99. The summed E-state index contributed by atoms with van der Waals surface area (Å²) in [5.74, 6) is 1.33. The van der Waals surface area contributed by atoms with E-state index in [0.717, 1.165) is 19.6 Å².